The minimum absolute atomic E-state index is 0.134. The summed E-state index contributed by atoms with van der Waals surface area (Å²) >= 11 is 0. The molecule has 0 aromatic carbocycles. The average Bonchev–Trinajstić information content (AvgIpc) is 2.87. The maximum absolute atomic E-state index is 12.9. The molecule has 2 amide bonds. The van der Waals surface area contributed by atoms with Crippen molar-refractivity contribution in [2.24, 2.45) is 11.5 Å². The van der Waals surface area contributed by atoms with Crippen LogP contribution >= 0.6 is 0 Å². The molecule has 0 aliphatic rings. The van der Waals surface area contributed by atoms with E-state index in [1.165, 1.54) is 64.2 Å². The van der Waals surface area contributed by atoms with Crippen LogP contribution in [0.2, 0.25) is 0 Å². The fourth-order valence-corrected chi connectivity index (χ4v) is 4.25. The molecular formula is C28H56N4O4. The van der Waals surface area contributed by atoms with Crippen LogP contribution in [-0.2, 0) is 19.1 Å². The summed E-state index contributed by atoms with van der Waals surface area (Å²) in [6, 6.07) is -1.47. The topological polar surface area (TPSA) is 137 Å². The lowest BCUT2D eigenvalue weighted by atomic mass is 10.0. The Hall–Kier alpha value is -1.67. The smallest absolute Gasteiger partial charge is 0.328 e. The molecule has 0 aliphatic heterocycles. The Kier molecular flexibility index (Phi) is 23.8. The standard InChI is InChI=1S/C28H56N4O4/c1-3-5-6-7-8-9-10-11-12-13-14-15-16-21-26(33)31-24(19-17-22-29)27(34)32-25(20-18-23-30)28(35)36-4-2/h24-25H,3-23,29-30H2,1-2H3,(H,31,33)(H,32,34). The number of amides is 2. The van der Waals surface area contributed by atoms with E-state index in [9.17, 15) is 14.4 Å². The normalized spacial score (nSPS) is 12.7. The zero-order valence-corrected chi connectivity index (χ0v) is 23.3. The molecule has 0 aliphatic carbocycles. The van der Waals surface area contributed by atoms with Gasteiger partial charge in [-0.25, -0.2) is 4.79 Å². The molecule has 0 saturated carbocycles. The van der Waals surface area contributed by atoms with Crippen LogP contribution in [-0.4, -0.2) is 49.6 Å². The number of nitrogens with two attached hydrogens (primary N) is 2. The fraction of sp³-hybridized carbons (Fsp3) is 0.893. The lowest BCUT2D eigenvalue weighted by Crippen LogP contribution is -2.52. The van der Waals surface area contributed by atoms with E-state index in [0.717, 1.165) is 19.3 Å². The molecule has 0 heterocycles. The van der Waals surface area contributed by atoms with Gasteiger partial charge in [0.1, 0.15) is 12.1 Å². The van der Waals surface area contributed by atoms with Crippen molar-refractivity contribution in [2.45, 2.75) is 142 Å². The van der Waals surface area contributed by atoms with Gasteiger partial charge in [-0.3, -0.25) is 9.59 Å². The van der Waals surface area contributed by atoms with Crippen molar-refractivity contribution >= 4 is 17.8 Å². The third kappa shape index (κ3) is 19.5. The Bertz CT molecular complexity index is 560. The first kappa shape index (κ1) is 34.3. The van der Waals surface area contributed by atoms with E-state index >= 15 is 0 Å². The zero-order valence-electron chi connectivity index (χ0n) is 23.3. The number of nitrogens with one attached hydrogen (secondary N) is 2. The molecule has 0 spiro atoms. The Morgan fingerprint density at radius 3 is 1.58 bits per heavy atom. The van der Waals surface area contributed by atoms with E-state index in [1.54, 1.807) is 6.92 Å². The molecule has 2 unspecified atom stereocenters. The highest BCUT2D eigenvalue weighted by molar-refractivity contribution is 5.90. The predicted molar refractivity (Wildman–Crippen MR) is 147 cm³/mol. The molecule has 0 rings (SSSR count). The number of hydrogen-bond acceptors (Lipinski definition) is 6. The third-order valence-electron chi connectivity index (χ3n) is 6.44. The van der Waals surface area contributed by atoms with Crippen LogP contribution in [0, 0.1) is 0 Å². The van der Waals surface area contributed by atoms with Crippen molar-refractivity contribution in [1.82, 2.24) is 10.6 Å². The number of carbonyl (C=O) groups excluding carboxylic acids is 3. The van der Waals surface area contributed by atoms with Gasteiger partial charge >= 0.3 is 5.97 Å². The molecule has 0 saturated heterocycles. The summed E-state index contributed by atoms with van der Waals surface area (Å²) in [4.78, 5) is 37.5. The van der Waals surface area contributed by atoms with Gasteiger partial charge in [0.05, 0.1) is 6.61 Å². The first-order valence-electron chi connectivity index (χ1n) is 14.7. The van der Waals surface area contributed by atoms with E-state index in [4.69, 9.17) is 16.2 Å². The van der Waals surface area contributed by atoms with Gasteiger partial charge in [-0.1, -0.05) is 84.0 Å². The minimum Gasteiger partial charge on any atom is -0.464 e. The minimum atomic E-state index is -0.765. The highest BCUT2D eigenvalue weighted by Crippen LogP contribution is 2.13. The zero-order chi connectivity index (χ0) is 26.9. The summed E-state index contributed by atoms with van der Waals surface area (Å²) in [7, 11) is 0. The van der Waals surface area contributed by atoms with Crippen LogP contribution < -0.4 is 22.1 Å². The van der Waals surface area contributed by atoms with Crippen LogP contribution in [0.1, 0.15) is 129 Å². The molecule has 0 aromatic heterocycles. The molecule has 0 fully saturated rings. The average molecular weight is 513 g/mol. The van der Waals surface area contributed by atoms with Gasteiger partial charge in [-0.05, 0) is 52.1 Å². The van der Waals surface area contributed by atoms with Gasteiger partial charge in [0.25, 0.3) is 0 Å². The van der Waals surface area contributed by atoms with E-state index in [0.29, 0.717) is 45.2 Å². The number of ether oxygens (including phenoxy) is 1. The number of carbonyl (C=O) groups is 3. The Balaban J connectivity index is 4.23. The summed E-state index contributed by atoms with van der Waals surface area (Å²) in [6.07, 6.45) is 18.7. The first-order chi connectivity index (χ1) is 17.5. The Morgan fingerprint density at radius 1 is 0.639 bits per heavy atom. The van der Waals surface area contributed by atoms with E-state index in [2.05, 4.69) is 17.6 Å². The second kappa shape index (κ2) is 25.0. The van der Waals surface area contributed by atoms with Gasteiger partial charge in [-0.2, -0.15) is 0 Å². The van der Waals surface area contributed by atoms with Crippen molar-refractivity contribution in [3.63, 3.8) is 0 Å². The molecule has 212 valence electrons. The molecule has 8 nitrogen and oxygen atoms in total. The van der Waals surface area contributed by atoms with Crippen molar-refractivity contribution in [2.75, 3.05) is 19.7 Å². The largest absolute Gasteiger partial charge is 0.464 e. The maximum Gasteiger partial charge on any atom is 0.328 e. The monoisotopic (exact) mass is 512 g/mol. The SMILES string of the molecule is CCCCCCCCCCCCCCCC(=O)NC(CCCN)C(=O)NC(CCCN)C(=O)OCC. The molecule has 0 radical (unpaired) electrons. The van der Waals surface area contributed by atoms with Crippen molar-refractivity contribution in [3.8, 4) is 0 Å². The molecular weight excluding hydrogens is 456 g/mol. The van der Waals surface area contributed by atoms with Crippen LogP contribution in [0.25, 0.3) is 0 Å². The summed E-state index contributed by atoms with van der Waals surface area (Å²) in [5, 5.41) is 5.59. The van der Waals surface area contributed by atoms with Crippen LogP contribution in [0.15, 0.2) is 0 Å². The fourth-order valence-electron chi connectivity index (χ4n) is 4.25. The third-order valence-corrected chi connectivity index (χ3v) is 6.44. The van der Waals surface area contributed by atoms with Crippen LogP contribution in [0.3, 0.4) is 0 Å². The Labute approximate surface area is 220 Å². The first-order valence-corrected chi connectivity index (χ1v) is 14.7. The number of rotatable bonds is 25. The summed E-state index contributed by atoms with van der Waals surface area (Å²) in [6.45, 7) is 5.05. The molecule has 8 heteroatoms. The van der Waals surface area contributed by atoms with E-state index in [1.807, 2.05) is 0 Å². The van der Waals surface area contributed by atoms with E-state index in [-0.39, 0.29) is 18.4 Å². The van der Waals surface area contributed by atoms with E-state index < -0.39 is 18.1 Å². The number of esters is 1. The van der Waals surface area contributed by atoms with Gasteiger partial charge in [-0.15, -0.1) is 0 Å². The highest BCUT2D eigenvalue weighted by atomic mass is 16.5. The van der Waals surface area contributed by atoms with Gasteiger partial charge in [0, 0.05) is 6.42 Å². The number of hydrogen-bond donors (Lipinski definition) is 4. The quantitative estimate of drug-likeness (QED) is 0.105. The summed E-state index contributed by atoms with van der Waals surface area (Å²) in [5.41, 5.74) is 11.2. The van der Waals surface area contributed by atoms with Crippen molar-refractivity contribution < 1.29 is 19.1 Å². The maximum atomic E-state index is 12.9. The van der Waals surface area contributed by atoms with Crippen molar-refractivity contribution in [1.29, 1.82) is 0 Å². The molecule has 2 atom stereocenters. The summed E-state index contributed by atoms with van der Waals surface area (Å²) in [5.74, 6) is -0.989. The second-order valence-corrected chi connectivity index (χ2v) is 9.79. The Morgan fingerprint density at radius 2 is 1.11 bits per heavy atom. The van der Waals surface area contributed by atoms with Gasteiger partial charge in [0.15, 0.2) is 0 Å². The molecule has 0 aromatic rings. The van der Waals surface area contributed by atoms with Crippen LogP contribution in [0.5, 0.6) is 0 Å². The molecule has 36 heavy (non-hydrogen) atoms. The van der Waals surface area contributed by atoms with Crippen molar-refractivity contribution in [3.05, 3.63) is 0 Å². The molecule has 0 bridgehead atoms. The number of unbranched alkanes of at least 4 members (excludes halogenated alkanes) is 12. The highest BCUT2D eigenvalue weighted by Gasteiger charge is 2.26. The molecule has 6 N–H and O–H groups in total. The second-order valence-electron chi connectivity index (χ2n) is 9.79. The predicted octanol–water partition coefficient (Wildman–Crippen LogP) is 4.48. The van der Waals surface area contributed by atoms with Crippen LogP contribution in [0.4, 0.5) is 0 Å². The summed E-state index contributed by atoms with van der Waals surface area (Å²) < 4.78 is 5.07. The lowest BCUT2D eigenvalue weighted by Gasteiger charge is -2.22. The van der Waals surface area contributed by atoms with Gasteiger partial charge in [0.2, 0.25) is 11.8 Å². The lowest BCUT2D eigenvalue weighted by molar-refractivity contribution is -0.147. The van der Waals surface area contributed by atoms with Gasteiger partial charge < -0.3 is 26.8 Å².